The fourth-order valence-corrected chi connectivity index (χ4v) is 3.16. The first-order valence-corrected chi connectivity index (χ1v) is 7.97. The average molecular weight is 297 g/mol. The Labute approximate surface area is 125 Å². The first-order valence-electron chi connectivity index (χ1n) is 6.60. The average Bonchev–Trinajstić information content (AvgIpc) is 2.34. The molecule has 1 aromatic carbocycles. The second-order valence-corrected chi connectivity index (χ2v) is 7.48. The van der Waals surface area contributed by atoms with Crippen LogP contribution in [0, 0.1) is 12.3 Å². The number of benzene rings is 1. The summed E-state index contributed by atoms with van der Waals surface area (Å²) in [6.07, 6.45) is 1.15. The standard InChI is InChI=1S/C15H21ClN2S/c1-10-11(16)6-5-7-12(10)17-14-18-13(8-9-19-14)15(2,3)4/h5-7,13H,8-9H2,1-4H3,(H,17,18). The molecule has 2 rings (SSSR count). The lowest BCUT2D eigenvalue weighted by atomic mass is 9.85. The summed E-state index contributed by atoms with van der Waals surface area (Å²) in [6.45, 7) is 8.78. The Kier molecular flexibility index (Phi) is 4.46. The highest BCUT2D eigenvalue weighted by Crippen LogP contribution is 2.32. The van der Waals surface area contributed by atoms with Crippen LogP contribution in [0.5, 0.6) is 0 Å². The molecule has 1 atom stereocenters. The van der Waals surface area contributed by atoms with Gasteiger partial charge in [0.1, 0.15) is 0 Å². The Morgan fingerprint density at radius 3 is 2.79 bits per heavy atom. The van der Waals surface area contributed by atoms with E-state index in [0.717, 1.165) is 33.6 Å². The molecule has 0 fully saturated rings. The summed E-state index contributed by atoms with van der Waals surface area (Å²) in [5, 5.41) is 5.22. The van der Waals surface area contributed by atoms with E-state index in [2.05, 4.69) is 26.1 Å². The molecule has 2 nitrogen and oxygen atoms in total. The van der Waals surface area contributed by atoms with E-state index in [1.54, 1.807) is 11.8 Å². The highest BCUT2D eigenvalue weighted by molar-refractivity contribution is 8.14. The van der Waals surface area contributed by atoms with Crippen molar-refractivity contribution in [1.82, 2.24) is 0 Å². The second-order valence-electron chi connectivity index (χ2n) is 5.99. The third-order valence-electron chi connectivity index (χ3n) is 3.41. The van der Waals surface area contributed by atoms with Crippen LogP contribution in [0.4, 0.5) is 5.69 Å². The van der Waals surface area contributed by atoms with Crippen molar-refractivity contribution in [3.05, 3.63) is 28.8 Å². The fourth-order valence-electron chi connectivity index (χ4n) is 2.06. The Morgan fingerprint density at radius 1 is 1.37 bits per heavy atom. The summed E-state index contributed by atoms with van der Waals surface area (Å²) in [6, 6.07) is 6.31. The highest BCUT2D eigenvalue weighted by Gasteiger charge is 2.27. The van der Waals surface area contributed by atoms with Gasteiger partial charge in [-0.3, -0.25) is 4.99 Å². The first-order chi connectivity index (χ1) is 8.88. The number of anilines is 1. The molecule has 0 amide bonds. The summed E-state index contributed by atoms with van der Waals surface area (Å²) in [5.41, 5.74) is 2.34. The van der Waals surface area contributed by atoms with Crippen molar-refractivity contribution in [2.45, 2.75) is 40.2 Å². The molecule has 4 heteroatoms. The lowest BCUT2D eigenvalue weighted by Crippen LogP contribution is -2.30. The summed E-state index contributed by atoms with van der Waals surface area (Å²) in [4.78, 5) is 4.84. The Balaban J connectivity index is 2.19. The van der Waals surface area contributed by atoms with E-state index in [4.69, 9.17) is 16.6 Å². The predicted octanol–water partition coefficient (Wildman–Crippen LogP) is 4.97. The van der Waals surface area contributed by atoms with Crippen molar-refractivity contribution in [2.24, 2.45) is 10.4 Å². The minimum absolute atomic E-state index is 0.220. The fraction of sp³-hybridized carbons (Fsp3) is 0.533. The molecular formula is C15H21ClN2S. The van der Waals surface area contributed by atoms with Crippen LogP contribution in [-0.2, 0) is 0 Å². The van der Waals surface area contributed by atoms with Gasteiger partial charge in [0.05, 0.1) is 6.04 Å². The molecule has 19 heavy (non-hydrogen) atoms. The third-order valence-corrected chi connectivity index (χ3v) is 4.74. The molecule has 1 N–H and O–H groups in total. The van der Waals surface area contributed by atoms with E-state index < -0.39 is 0 Å². The Bertz CT molecular complexity index is 491. The van der Waals surface area contributed by atoms with E-state index in [1.165, 1.54) is 0 Å². The maximum Gasteiger partial charge on any atom is 0.161 e. The zero-order valence-electron chi connectivity index (χ0n) is 12.0. The van der Waals surface area contributed by atoms with Gasteiger partial charge in [0.25, 0.3) is 0 Å². The molecule has 1 aliphatic heterocycles. The van der Waals surface area contributed by atoms with Crippen LogP contribution in [0.1, 0.15) is 32.8 Å². The predicted molar refractivity (Wildman–Crippen MR) is 87.6 cm³/mol. The van der Waals surface area contributed by atoms with Gasteiger partial charge < -0.3 is 5.32 Å². The summed E-state index contributed by atoms with van der Waals surface area (Å²) in [5.74, 6) is 1.12. The van der Waals surface area contributed by atoms with E-state index >= 15 is 0 Å². The van der Waals surface area contributed by atoms with Gasteiger partial charge in [-0.05, 0) is 36.5 Å². The number of hydrogen-bond donors (Lipinski definition) is 1. The molecule has 0 aliphatic carbocycles. The maximum atomic E-state index is 6.15. The van der Waals surface area contributed by atoms with Crippen LogP contribution in [0.25, 0.3) is 0 Å². The van der Waals surface area contributed by atoms with Crippen molar-refractivity contribution in [1.29, 1.82) is 0 Å². The van der Waals surface area contributed by atoms with Crippen LogP contribution in [0.3, 0.4) is 0 Å². The topological polar surface area (TPSA) is 24.4 Å². The SMILES string of the molecule is Cc1c(Cl)cccc1NC1=NC(C(C)(C)C)CCS1. The minimum atomic E-state index is 0.220. The normalized spacial score (nSPS) is 20.1. The molecule has 1 heterocycles. The van der Waals surface area contributed by atoms with Crippen LogP contribution in [0.15, 0.2) is 23.2 Å². The zero-order chi connectivity index (χ0) is 14.0. The molecule has 104 valence electrons. The molecule has 0 aromatic heterocycles. The number of halogens is 1. The number of amidine groups is 1. The van der Waals surface area contributed by atoms with Gasteiger partial charge in [-0.2, -0.15) is 0 Å². The zero-order valence-corrected chi connectivity index (χ0v) is 13.5. The van der Waals surface area contributed by atoms with E-state index in [1.807, 2.05) is 25.1 Å². The van der Waals surface area contributed by atoms with Crippen molar-refractivity contribution in [3.8, 4) is 0 Å². The number of thioether (sulfide) groups is 1. The van der Waals surface area contributed by atoms with Crippen molar-refractivity contribution < 1.29 is 0 Å². The lowest BCUT2D eigenvalue weighted by molar-refractivity contribution is 0.316. The summed E-state index contributed by atoms with van der Waals surface area (Å²) >= 11 is 7.93. The van der Waals surface area contributed by atoms with Crippen molar-refractivity contribution in [3.63, 3.8) is 0 Å². The van der Waals surface area contributed by atoms with E-state index in [9.17, 15) is 0 Å². The number of aliphatic imine (C=N–C) groups is 1. The lowest BCUT2D eigenvalue weighted by Gasteiger charge is -2.31. The smallest absolute Gasteiger partial charge is 0.161 e. The first kappa shape index (κ1) is 14.7. The van der Waals surface area contributed by atoms with Crippen LogP contribution in [0.2, 0.25) is 5.02 Å². The van der Waals surface area contributed by atoms with Crippen molar-refractivity contribution in [2.75, 3.05) is 11.1 Å². The summed E-state index contributed by atoms with van der Waals surface area (Å²) < 4.78 is 0. The molecular weight excluding hydrogens is 276 g/mol. The Hall–Kier alpha value is -0.670. The summed E-state index contributed by atoms with van der Waals surface area (Å²) in [7, 11) is 0. The molecule has 1 aromatic rings. The molecule has 0 saturated heterocycles. The number of nitrogens with one attached hydrogen (secondary N) is 1. The maximum absolute atomic E-state index is 6.15. The number of rotatable bonds is 1. The van der Waals surface area contributed by atoms with Gasteiger partial charge >= 0.3 is 0 Å². The van der Waals surface area contributed by atoms with Crippen molar-refractivity contribution >= 4 is 34.2 Å². The van der Waals surface area contributed by atoms with Crippen LogP contribution >= 0.6 is 23.4 Å². The largest absolute Gasteiger partial charge is 0.335 e. The third kappa shape index (κ3) is 3.67. The molecule has 1 aliphatic rings. The van der Waals surface area contributed by atoms with Crippen LogP contribution < -0.4 is 5.32 Å². The molecule has 0 bridgehead atoms. The number of hydrogen-bond acceptors (Lipinski definition) is 3. The minimum Gasteiger partial charge on any atom is -0.335 e. The van der Waals surface area contributed by atoms with Crippen LogP contribution in [-0.4, -0.2) is 17.0 Å². The van der Waals surface area contributed by atoms with Gasteiger partial charge in [-0.1, -0.05) is 50.2 Å². The van der Waals surface area contributed by atoms with Gasteiger partial charge in [-0.15, -0.1) is 0 Å². The monoisotopic (exact) mass is 296 g/mol. The second kappa shape index (κ2) is 5.76. The molecule has 0 spiro atoms. The molecule has 0 saturated carbocycles. The molecule has 0 radical (unpaired) electrons. The van der Waals surface area contributed by atoms with Gasteiger partial charge in [0, 0.05) is 16.5 Å². The number of nitrogens with zero attached hydrogens (tertiary/aromatic N) is 1. The van der Waals surface area contributed by atoms with Gasteiger partial charge in [0.2, 0.25) is 0 Å². The van der Waals surface area contributed by atoms with E-state index in [0.29, 0.717) is 6.04 Å². The van der Waals surface area contributed by atoms with Gasteiger partial charge in [0.15, 0.2) is 5.17 Å². The highest BCUT2D eigenvalue weighted by atomic mass is 35.5. The van der Waals surface area contributed by atoms with Gasteiger partial charge in [-0.25, -0.2) is 0 Å². The quantitative estimate of drug-likeness (QED) is 0.791. The Morgan fingerprint density at radius 2 is 2.11 bits per heavy atom. The molecule has 1 unspecified atom stereocenters. The van der Waals surface area contributed by atoms with E-state index in [-0.39, 0.29) is 5.41 Å².